The number of benzene rings is 3. The largest absolute Gasteiger partial charge is 0.338 e. The maximum absolute atomic E-state index is 13.8. The molecule has 2 amide bonds. The third-order valence-corrected chi connectivity index (χ3v) is 8.96. The highest BCUT2D eigenvalue weighted by Crippen LogP contribution is 2.38. The number of carbonyl (C=O) groups excluding carboxylic acids is 2. The molecule has 186 valence electrons. The molecule has 0 radical (unpaired) electrons. The van der Waals surface area contributed by atoms with Crippen molar-refractivity contribution in [3.63, 3.8) is 0 Å². The van der Waals surface area contributed by atoms with E-state index < -0.39 is 15.7 Å². The molecule has 1 saturated heterocycles. The standard InChI is InChI=1S/C28H27ClN2O4S/c1-18-13-19(2)16-30(15-18)27(32)21-9-12-26-24(14-21)31(17-20-7-10-22(29)11-8-20)28(33)23-5-3-4-6-25(23)36(26,34)35/h3-12,14,18-19H,13,15-17H2,1-2H3/t18-,19+. The van der Waals surface area contributed by atoms with Gasteiger partial charge in [-0.3, -0.25) is 9.59 Å². The number of nitrogens with zero attached hydrogens (tertiary/aromatic N) is 2. The van der Waals surface area contributed by atoms with E-state index in [1.54, 1.807) is 48.5 Å². The van der Waals surface area contributed by atoms with Gasteiger partial charge in [0.25, 0.3) is 11.8 Å². The summed E-state index contributed by atoms with van der Waals surface area (Å²) < 4.78 is 27.4. The van der Waals surface area contributed by atoms with Crippen LogP contribution in [0.2, 0.25) is 5.02 Å². The van der Waals surface area contributed by atoms with Gasteiger partial charge < -0.3 is 9.80 Å². The van der Waals surface area contributed by atoms with Crippen molar-refractivity contribution in [3.05, 3.63) is 88.4 Å². The van der Waals surface area contributed by atoms with Crippen molar-refractivity contribution < 1.29 is 18.0 Å². The Kier molecular flexibility index (Phi) is 6.39. The molecular weight excluding hydrogens is 496 g/mol. The number of piperidine rings is 1. The number of anilines is 1. The van der Waals surface area contributed by atoms with Gasteiger partial charge in [0.1, 0.15) is 0 Å². The number of halogens is 1. The van der Waals surface area contributed by atoms with Crippen LogP contribution in [0.4, 0.5) is 5.69 Å². The first-order valence-electron chi connectivity index (χ1n) is 12.0. The number of hydrogen-bond donors (Lipinski definition) is 0. The van der Waals surface area contributed by atoms with Gasteiger partial charge >= 0.3 is 0 Å². The molecule has 0 bridgehead atoms. The van der Waals surface area contributed by atoms with Crippen LogP contribution in [-0.2, 0) is 16.4 Å². The maximum atomic E-state index is 13.8. The molecule has 2 heterocycles. The lowest BCUT2D eigenvalue weighted by molar-refractivity contribution is 0.0623. The molecule has 2 aliphatic rings. The number of sulfone groups is 1. The molecule has 2 aliphatic heterocycles. The summed E-state index contributed by atoms with van der Waals surface area (Å²) in [5.41, 5.74) is 1.46. The summed E-state index contributed by atoms with van der Waals surface area (Å²) in [6, 6.07) is 17.8. The van der Waals surface area contributed by atoms with Crippen LogP contribution in [0.5, 0.6) is 0 Å². The first-order chi connectivity index (χ1) is 17.1. The van der Waals surface area contributed by atoms with Gasteiger partial charge in [-0.25, -0.2) is 8.42 Å². The van der Waals surface area contributed by atoms with Crippen LogP contribution >= 0.6 is 11.6 Å². The highest BCUT2D eigenvalue weighted by atomic mass is 35.5. The lowest BCUT2D eigenvalue weighted by Gasteiger charge is -2.35. The van der Waals surface area contributed by atoms with Crippen molar-refractivity contribution >= 4 is 38.9 Å². The Balaban J connectivity index is 1.64. The third-order valence-electron chi connectivity index (χ3n) is 6.85. The van der Waals surface area contributed by atoms with Crippen LogP contribution in [0.25, 0.3) is 0 Å². The minimum atomic E-state index is -4.00. The van der Waals surface area contributed by atoms with Crippen molar-refractivity contribution in [2.45, 2.75) is 36.6 Å². The fourth-order valence-electron chi connectivity index (χ4n) is 5.28. The van der Waals surface area contributed by atoms with E-state index >= 15 is 0 Å². The summed E-state index contributed by atoms with van der Waals surface area (Å²) in [5, 5.41) is 0.562. The molecule has 0 spiro atoms. The van der Waals surface area contributed by atoms with Crippen molar-refractivity contribution in [1.29, 1.82) is 0 Å². The van der Waals surface area contributed by atoms with E-state index in [9.17, 15) is 18.0 Å². The van der Waals surface area contributed by atoms with E-state index in [0.29, 0.717) is 35.5 Å². The molecule has 0 N–H and O–H groups in total. The second-order valence-corrected chi connectivity index (χ2v) is 12.2. The Bertz CT molecular complexity index is 1440. The Hall–Kier alpha value is -3.16. The summed E-state index contributed by atoms with van der Waals surface area (Å²) in [6.07, 6.45) is 1.06. The fraction of sp³-hybridized carbons (Fsp3) is 0.286. The summed E-state index contributed by atoms with van der Waals surface area (Å²) in [6.45, 7) is 5.68. The number of carbonyl (C=O) groups is 2. The van der Waals surface area contributed by atoms with Crippen molar-refractivity contribution in [2.75, 3.05) is 18.0 Å². The number of hydrogen-bond acceptors (Lipinski definition) is 4. The van der Waals surface area contributed by atoms with Gasteiger partial charge in [0.05, 0.1) is 27.6 Å². The Morgan fingerprint density at radius 1 is 0.944 bits per heavy atom. The summed E-state index contributed by atoms with van der Waals surface area (Å²) in [7, 11) is -4.00. The lowest BCUT2D eigenvalue weighted by Crippen LogP contribution is -2.42. The van der Waals surface area contributed by atoms with E-state index in [4.69, 9.17) is 11.6 Å². The average Bonchev–Trinajstić information content (AvgIpc) is 2.92. The van der Waals surface area contributed by atoms with Gasteiger partial charge in [-0.05, 0) is 66.3 Å². The first kappa shape index (κ1) is 24.5. The molecule has 6 nitrogen and oxygen atoms in total. The second-order valence-electron chi connectivity index (χ2n) is 9.86. The second kappa shape index (κ2) is 9.37. The molecule has 36 heavy (non-hydrogen) atoms. The Morgan fingerprint density at radius 2 is 1.61 bits per heavy atom. The van der Waals surface area contributed by atoms with Gasteiger partial charge in [-0.2, -0.15) is 0 Å². The maximum Gasteiger partial charge on any atom is 0.259 e. The summed E-state index contributed by atoms with van der Waals surface area (Å²) in [5.74, 6) is 0.176. The molecule has 0 unspecified atom stereocenters. The SMILES string of the molecule is C[C@@H]1C[C@H](C)CN(C(=O)c2ccc3c(c2)N(Cc2ccc(Cl)cc2)C(=O)c2ccccc2S3(=O)=O)C1. The summed E-state index contributed by atoms with van der Waals surface area (Å²) >= 11 is 6.04. The lowest BCUT2D eigenvalue weighted by atomic mass is 9.91. The van der Waals surface area contributed by atoms with Crippen molar-refractivity contribution in [1.82, 2.24) is 4.90 Å². The molecule has 0 saturated carbocycles. The van der Waals surface area contributed by atoms with E-state index in [0.717, 1.165) is 12.0 Å². The molecule has 3 aromatic rings. The molecule has 2 atom stereocenters. The molecule has 3 aromatic carbocycles. The number of likely N-dealkylation sites (tertiary alicyclic amines) is 1. The third kappa shape index (κ3) is 4.42. The van der Waals surface area contributed by atoms with Gasteiger partial charge in [-0.15, -0.1) is 0 Å². The Labute approximate surface area is 216 Å². The highest BCUT2D eigenvalue weighted by Gasteiger charge is 2.36. The fourth-order valence-corrected chi connectivity index (χ4v) is 7.04. The van der Waals surface area contributed by atoms with E-state index in [1.165, 1.54) is 23.1 Å². The smallest absolute Gasteiger partial charge is 0.259 e. The van der Waals surface area contributed by atoms with Crippen molar-refractivity contribution in [3.8, 4) is 0 Å². The van der Waals surface area contributed by atoms with Crippen LogP contribution in [0.1, 0.15) is 46.5 Å². The molecule has 1 fully saturated rings. The van der Waals surface area contributed by atoms with Crippen molar-refractivity contribution in [2.24, 2.45) is 11.8 Å². The summed E-state index contributed by atoms with van der Waals surface area (Å²) in [4.78, 5) is 30.5. The first-order valence-corrected chi connectivity index (χ1v) is 13.8. The topological polar surface area (TPSA) is 74.8 Å². The highest BCUT2D eigenvalue weighted by molar-refractivity contribution is 7.91. The van der Waals surface area contributed by atoms with Crippen LogP contribution < -0.4 is 4.90 Å². The van der Waals surface area contributed by atoms with Gasteiger partial charge in [0, 0.05) is 23.7 Å². The van der Waals surface area contributed by atoms with Crippen LogP contribution in [0.15, 0.2) is 76.5 Å². The Morgan fingerprint density at radius 3 is 2.31 bits per heavy atom. The van der Waals surface area contributed by atoms with Crippen LogP contribution in [-0.4, -0.2) is 38.2 Å². The van der Waals surface area contributed by atoms with Crippen LogP contribution in [0, 0.1) is 11.8 Å². The minimum Gasteiger partial charge on any atom is -0.338 e. The molecule has 0 aromatic heterocycles. The van der Waals surface area contributed by atoms with E-state index in [1.807, 2.05) is 4.90 Å². The number of fused-ring (bicyclic) bond motifs is 2. The van der Waals surface area contributed by atoms with E-state index in [-0.39, 0.29) is 33.5 Å². The average molecular weight is 523 g/mol. The van der Waals surface area contributed by atoms with Gasteiger partial charge in [0.15, 0.2) is 0 Å². The molecule has 5 rings (SSSR count). The molecule has 0 aliphatic carbocycles. The van der Waals surface area contributed by atoms with Crippen LogP contribution in [0.3, 0.4) is 0 Å². The zero-order valence-electron chi connectivity index (χ0n) is 20.1. The monoisotopic (exact) mass is 522 g/mol. The minimum absolute atomic E-state index is 0.00620. The zero-order valence-corrected chi connectivity index (χ0v) is 21.7. The van der Waals surface area contributed by atoms with Gasteiger partial charge in [-0.1, -0.05) is 49.7 Å². The quantitative estimate of drug-likeness (QED) is 0.458. The molecular formula is C28H27ClN2O4S. The predicted molar refractivity (Wildman–Crippen MR) is 139 cm³/mol. The number of rotatable bonds is 3. The molecule has 8 heteroatoms. The zero-order chi connectivity index (χ0) is 25.6. The predicted octanol–water partition coefficient (Wildman–Crippen LogP) is 5.45. The number of amides is 2. The van der Waals surface area contributed by atoms with E-state index in [2.05, 4.69) is 13.8 Å². The normalized spacial score (nSPS) is 20.9. The van der Waals surface area contributed by atoms with Gasteiger partial charge in [0.2, 0.25) is 9.84 Å².